The van der Waals surface area contributed by atoms with Crippen LogP contribution in [0.15, 0.2) is 18.5 Å². The first-order valence-corrected chi connectivity index (χ1v) is 5.20. The number of nitrogens with zero attached hydrogens (tertiary/aromatic N) is 2. The summed E-state index contributed by atoms with van der Waals surface area (Å²) < 4.78 is 26.1. The van der Waals surface area contributed by atoms with Crippen molar-refractivity contribution in [2.75, 3.05) is 13.1 Å². The van der Waals surface area contributed by atoms with Gasteiger partial charge >= 0.3 is 0 Å². The van der Waals surface area contributed by atoms with Crippen molar-refractivity contribution in [2.45, 2.75) is 25.6 Å². The SMILES string of the molecule is Fc1cnccc1CN1CCC(F)CC1. The van der Waals surface area contributed by atoms with Gasteiger partial charge in [0, 0.05) is 31.4 Å². The van der Waals surface area contributed by atoms with Crippen LogP contribution in [0.25, 0.3) is 0 Å². The minimum Gasteiger partial charge on any atom is -0.299 e. The van der Waals surface area contributed by atoms with E-state index in [1.165, 1.54) is 6.20 Å². The van der Waals surface area contributed by atoms with E-state index in [4.69, 9.17) is 0 Å². The van der Waals surface area contributed by atoms with Gasteiger partial charge in [-0.15, -0.1) is 0 Å². The molecule has 2 nitrogen and oxygen atoms in total. The van der Waals surface area contributed by atoms with Gasteiger partial charge in [-0.3, -0.25) is 9.88 Å². The first-order chi connectivity index (χ1) is 7.25. The summed E-state index contributed by atoms with van der Waals surface area (Å²) in [5.41, 5.74) is 0.641. The topological polar surface area (TPSA) is 16.1 Å². The summed E-state index contributed by atoms with van der Waals surface area (Å²) in [7, 11) is 0. The Balaban J connectivity index is 1.95. The van der Waals surface area contributed by atoms with Gasteiger partial charge in [-0.2, -0.15) is 0 Å². The fourth-order valence-electron chi connectivity index (χ4n) is 1.83. The van der Waals surface area contributed by atoms with Crippen molar-refractivity contribution in [3.05, 3.63) is 29.8 Å². The number of halogens is 2. The zero-order valence-corrected chi connectivity index (χ0v) is 8.50. The van der Waals surface area contributed by atoms with E-state index in [2.05, 4.69) is 9.88 Å². The molecule has 0 aliphatic carbocycles. The Kier molecular flexibility index (Phi) is 3.26. The molecule has 2 rings (SSSR count). The van der Waals surface area contributed by atoms with Gasteiger partial charge < -0.3 is 0 Å². The Hall–Kier alpha value is -1.03. The predicted molar refractivity (Wildman–Crippen MR) is 53.6 cm³/mol. The molecule has 1 aliphatic rings. The third-order valence-electron chi connectivity index (χ3n) is 2.77. The van der Waals surface area contributed by atoms with Crippen LogP contribution in [0.5, 0.6) is 0 Å². The molecule has 0 N–H and O–H groups in total. The molecule has 0 spiro atoms. The molecule has 1 aromatic rings. The zero-order chi connectivity index (χ0) is 10.7. The fraction of sp³-hybridized carbons (Fsp3) is 0.545. The highest BCUT2D eigenvalue weighted by atomic mass is 19.1. The average molecular weight is 212 g/mol. The van der Waals surface area contributed by atoms with Crippen LogP contribution in [-0.2, 0) is 6.54 Å². The highest BCUT2D eigenvalue weighted by Crippen LogP contribution is 2.16. The van der Waals surface area contributed by atoms with Crippen LogP contribution in [0.4, 0.5) is 8.78 Å². The highest BCUT2D eigenvalue weighted by molar-refractivity contribution is 5.12. The van der Waals surface area contributed by atoms with Gasteiger partial charge in [0.2, 0.25) is 0 Å². The summed E-state index contributed by atoms with van der Waals surface area (Å²) in [6.07, 6.45) is 3.25. The maximum atomic E-state index is 13.3. The Morgan fingerprint density at radius 1 is 1.40 bits per heavy atom. The van der Waals surface area contributed by atoms with E-state index in [1.54, 1.807) is 12.3 Å². The van der Waals surface area contributed by atoms with Crippen molar-refractivity contribution in [1.29, 1.82) is 0 Å². The maximum absolute atomic E-state index is 13.3. The van der Waals surface area contributed by atoms with E-state index in [1.807, 2.05) is 0 Å². The molecule has 4 heteroatoms. The molecule has 1 fully saturated rings. The van der Waals surface area contributed by atoms with E-state index < -0.39 is 6.17 Å². The van der Waals surface area contributed by atoms with Crippen molar-refractivity contribution in [3.63, 3.8) is 0 Å². The van der Waals surface area contributed by atoms with Gasteiger partial charge in [0.25, 0.3) is 0 Å². The molecule has 1 saturated heterocycles. The lowest BCUT2D eigenvalue weighted by Gasteiger charge is -2.28. The summed E-state index contributed by atoms with van der Waals surface area (Å²) in [4.78, 5) is 5.77. The summed E-state index contributed by atoms with van der Waals surface area (Å²) in [6, 6.07) is 1.68. The van der Waals surface area contributed by atoms with Crippen LogP contribution in [0.2, 0.25) is 0 Å². The van der Waals surface area contributed by atoms with Crippen molar-refractivity contribution in [2.24, 2.45) is 0 Å². The minimum atomic E-state index is -0.677. The molecule has 0 aromatic carbocycles. The molecule has 15 heavy (non-hydrogen) atoms. The second-order valence-electron chi connectivity index (χ2n) is 3.92. The largest absolute Gasteiger partial charge is 0.299 e. The lowest BCUT2D eigenvalue weighted by Crippen LogP contribution is -2.34. The Morgan fingerprint density at radius 3 is 2.80 bits per heavy atom. The molecular weight excluding hydrogens is 198 g/mol. The van der Waals surface area contributed by atoms with E-state index in [-0.39, 0.29) is 5.82 Å². The number of hydrogen-bond acceptors (Lipinski definition) is 2. The van der Waals surface area contributed by atoms with Gasteiger partial charge in [0.1, 0.15) is 12.0 Å². The van der Waals surface area contributed by atoms with E-state index in [0.29, 0.717) is 38.0 Å². The molecule has 1 aromatic heterocycles. The summed E-state index contributed by atoms with van der Waals surface area (Å²) in [5, 5.41) is 0. The van der Waals surface area contributed by atoms with Crippen molar-refractivity contribution in [1.82, 2.24) is 9.88 Å². The third kappa shape index (κ3) is 2.72. The number of pyridine rings is 1. The fourth-order valence-corrected chi connectivity index (χ4v) is 1.83. The summed E-state index contributed by atoms with van der Waals surface area (Å²) in [5.74, 6) is -0.278. The van der Waals surface area contributed by atoms with Crippen LogP contribution in [-0.4, -0.2) is 29.1 Å². The lowest BCUT2D eigenvalue weighted by atomic mass is 10.1. The molecule has 82 valence electrons. The first kappa shape index (κ1) is 10.5. The molecule has 1 aliphatic heterocycles. The Morgan fingerprint density at radius 2 is 2.13 bits per heavy atom. The maximum Gasteiger partial charge on any atom is 0.145 e. The van der Waals surface area contributed by atoms with Gasteiger partial charge in [-0.05, 0) is 18.9 Å². The molecule has 0 atom stereocenters. The number of alkyl halides is 1. The second-order valence-corrected chi connectivity index (χ2v) is 3.92. The predicted octanol–water partition coefficient (Wildman–Crippen LogP) is 2.15. The monoisotopic (exact) mass is 212 g/mol. The minimum absolute atomic E-state index is 0.278. The van der Waals surface area contributed by atoms with Crippen LogP contribution < -0.4 is 0 Å². The molecule has 0 amide bonds. The average Bonchev–Trinajstić information content (AvgIpc) is 2.25. The molecular formula is C11H14F2N2. The van der Waals surface area contributed by atoms with Gasteiger partial charge in [-0.25, -0.2) is 8.78 Å². The van der Waals surface area contributed by atoms with Crippen LogP contribution in [0.3, 0.4) is 0 Å². The number of piperidine rings is 1. The van der Waals surface area contributed by atoms with Crippen LogP contribution in [0, 0.1) is 5.82 Å². The van der Waals surface area contributed by atoms with Crippen molar-refractivity contribution >= 4 is 0 Å². The normalized spacial score (nSPS) is 19.3. The lowest BCUT2D eigenvalue weighted by molar-refractivity contribution is 0.144. The van der Waals surface area contributed by atoms with E-state index >= 15 is 0 Å². The smallest absolute Gasteiger partial charge is 0.145 e. The molecule has 2 heterocycles. The van der Waals surface area contributed by atoms with Gasteiger partial charge in [-0.1, -0.05) is 0 Å². The van der Waals surface area contributed by atoms with E-state index in [0.717, 1.165) is 0 Å². The van der Waals surface area contributed by atoms with E-state index in [9.17, 15) is 8.78 Å². The Labute approximate surface area is 87.9 Å². The van der Waals surface area contributed by atoms with Gasteiger partial charge in [0.15, 0.2) is 0 Å². The van der Waals surface area contributed by atoms with Crippen LogP contribution in [0.1, 0.15) is 18.4 Å². The number of hydrogen-bond donors (Lipinski definition) is 0. The number of rotatable bonds is 2. The first-order valence-electron chi connectivity index (χ1n) is 5.20. The summed E-state index contributed by atoms with van der Waals surface area (Å²) in [6.45, 7) is 1.98. The van der Waals surface area contributed by atoms with Crippen molar-refractivity contribution in [3.8, 4) is 0 Å². The zero-order valence-electron chi connectivity index (χ0n) is 8.50. The number of likely N-dealkylation sites (tertiary alicyclic amines) is 1. The van der Waals surface area contributed by atoms with Gasteiger partial charge in [0.05, 0.1) is 6.20 Å². The highest BCUT2D eigenvalue weighted by Gasteiger charge is 2.18. The molecule has 0 saturated carbocycles. The second kappa shape index (κ2) is 4.66. The van der Waals surface area contributed by atoms with Crippen LogP contribution >= 0.6 is 0 Å². The summed E-state index contributed by atoms with van der Waals surface area (Å²) >= 11 is 0. The Bertz CT molecular complexity index is 322. The third-order valence-corrected chi connectivity index (χ3v) is 2.77. The molecule has 0 unspecified atom stereocenters. The number of aromatic nitrogens is 1. The molecule has 0 radical (unpaired) electrons. The standard InChI is InChI=1S/C11H14F2N2/c12-10-2-5-15(6-3-10)8-9-1-4-14-7-11(9)13/h1,4,7,10H,2-3,5-6,8H2. The quantitative estimate of drug-likeness (QED) is 0.746. The molecule has 0 bridgehead atoms. The van der Waals surface area contributed by atoms with Crippen molar-refractivity contribution < 1.29 is 8.78 Å².